The highest BCUT2D eigenvalue weighted by Crippen LogP contribution is 2.40. The van der Waals surface area contributed by atoms with E-state index in [1.807, 2.05) is 0 Å². The van der Waals surface area contributed by atoms with Crippen molar-refractivity contribution in [2.75, 3.05) is 13.1 Å². The molecule has 1 aliphatic heterocycles. The number of nitrogens with zero attached hydrogens (tertiary/aromatic N) is 1. The van der Waals surface area contributed by atoms with Crippen molar-refractivity contribution in [3.05, 3.63) is 35.9 Å². The van der Waals surface area contributed by atoms with Gasteiger partial charge in [-0.3, -0.25) is 0 Å². The maximum Gasteiger partial charge on any atom is 0.407 e. The molecule has 0 bridgehead atoms. The lowest BCUT2D eigenvalue weighted by Gasteiger charge is -2.37. The summed E-state index contributed by atoms with van der Waals surface area (Å²) in [5.74, 6) is 1.28. The van der Waals surface area contributed by atoms with Gasteiger partial charge < -0.3 is 15.3 Å². The van der Waals surface area contributed by atoms with Gasteiger partial charge in [0.05, 0.1) is 0 Å². The second-order valence-corrected chi connectivity index (χ2v) is 6.70. The van der Waals surface area contributed by atoms with Crippen LogP contribution in [0.2, 0.25) is 0 Å². The molecule has 0 radical (unpaired) electrons. The topological polar surface area (TPSA) is 52.6 Å². The number of likely N-dealkylation sites (tertiary alicyclic amines) is 1. The van der Waals surface area contributed by atoms with Crippen LogP contribution in [0.25, 0.3) is 0 Å². The Morgan fingerprint density at radius 2 is 2.09 bits per heavy atom. The van der Waals surface area contributed by atoms with Gasteiger partial charge in [-0.1, -0.05) is 37.3 Å². The first-order valence-electron chi connectivity index (χ1n) is 8.47. The first-order chi connectivity index (χ1) is 10.7. The Kier molecular flexibility index (Phi) is 4.67. The van der Waals surface area contributed by atoms with E-state index in [0.29, 0.717) is 24.4 Å². The molecule has 2 aliphatic rings. The number of nitrogens with one attached hydrogen (secondary N) is 1. The van der Waals surface area contributed by atoms with Gasteiger partial charge in [-0.05, 0) is 43.7 Å². The Balaban J connectivity index is 1.45. The molecular weight excluding hydrogens is 276 g/mol. The summed E-state index contributed by atoms with van der Waals surface area (Å²) in [6.45, 7) is 3.80. The SMILES string of the molecule is CCC1CC(CNC2CC2c2ccccc2)CCN1C(=O)O. The van der Waals surface area contributed by atoms with Crippen molar-refractivity contribution in [3.8, 4) is 0 Å². The summed E-state index contributed by atoms with van der Waals surface area (Å²) in [5.41, 5.74) is 1.44. The molecule has 22 heavy (non-hydrogen) atoms. The monoisotopic (exact) mass is 302 g/mol. The number of carbonyl (C=O) groups is 1. The van der Waals surface area contributed by atoms with E-state index in [9.17, 15) is 9.90 Å². The third-order valence-corrected chi connectivity index (χ3v) is 5.23. The molecular formula is C18H26N2O2. The standard InChI is InChI=1S/C18H26N2O2/c1-2-15-10-13(8-9-20(15)18(21)22)12-19-17-11-16(17)14-6-4-3-5-7-14/h3-7,13,15-17,19H,2,8-12H2,1H3,(H,21,22). The van der Waals surface area contributed by atoms with Crippen LogP contribution in [0.3, 0.4) is 0 Å². The van der Waals surface area contributed by atoms with Crippen molar-refractivity contribution in [2.24, 2.45) is 5.92 Å². The third kappa shape index (κ3) is 3.43. The van der Waals surface area contributed by atoms with Crippen LogP contribution in [0, 0.1) is 5.92 Å². The fourth-order valence-corrected chi connectivity index (χ4v) is 3.77. The summed E-state index contributed by atoms with van der Waals surface area (Å²) < 4.78 is 0. The molecule has 1 aromatic rings. The fraction of sp³-hybridized carbons (Fsp3) is 0.611. The normalized spacial score (nSPS) is 31.0. The largest absolute Gasteiger partial charge is 0.465 e. The molecule has 1 saturated carbocycles. The van der Waals surface area contributed by atoms with E-state index in [1.54, 1.807) is 4.90 Å². The van der Waals surface area contributed by atoms with E-state index in [2.05, 4.69) is 42.6 Å². The first-order valence-corrected chi connectivity index (χ1v) is 8.47. The Labute approximate surface area is 132 Å². The number of amides is 1. The van der Waals surface area contributed by atoms with E-state index in [0.717, 1.165) is 25.8 Å². The van der Waals surface area contributed by atoms with Crippen molar-refractivity contribution in [1.29, 1.82) is 0 Å². The molecule has 1 heterocycles. The van der Waals surface area contributed by atoms with Gasteiger partial charge in [0.25, 0.3) is 0 Å². The number of hydrogen-bond donors (Lipinski definition) is 2. The van der Waals surface area contributed by atoms with Gasteiger partial charge in [-0.15, -0.1) is 0 Å². The van der Waals surface area contributed by atoms with Crippen molar-refractivity contribution in [1.82, 2.24) is 10.2 Å². The van der Waals surface area contributed by atoms with Crippen LogP contribution in [0.1, 0.15) is 44.1 Å². The highest BCUT2D eigenvalue weighted by atomic mass is 16.4. The molecule has 0 spiro atoms. The van der Waals surface area contributed by atoms with Crippen molar-refractivity contribution < 1.29 is 9.90 Å². The van der Waals surface area contributed by atoms with E-state index < -0.39 is 6.09 Å². The predicted octanol–water partition coefficient (Wildman–Crippen LogP) is 3.30. The molecule has 1 aromatic carbocycles. The van der Waals surface area contributed by atoms with Crippen LogP contribution in [0.5, 0.6) is 0 Å². The van der Waals surface area contributed by atoms with E-state index in [4.69, 9.17) is 0 Å². The lowest BCUT2D eigenvalue weighted by atomic mass is 9.89. The minimum absolute atomic E-state index is 0.196. The quantitative estimate of drug-likeness (QED) is 0.877. The molecule has 0 aromatic heterocycles. The number of rotatable bonds is 5. The highest BCUT2D eigenvalue weighted by Gasteiger charge is 2.38. The highest BCUT2D eigenvalue weighted by molar-refractivity contribution is 5.65. The lowest BCUT2D eigenvalue weighted by Crippen LogP contribution is -2.47. The van der Waals surface area contributed by atoms with Crippen LogP contribution >= 0.6 is 0 Å². The molecule has 1 amide bonds. The lowest BCUT2D eigenvalue weighted by molar-refractivity contribution is 0.0877. The summed E-state index contributed by atoms with van der Waals surface area (Å²) in [5, 5.41) is 12.9. The smallest absolute Gasteiger partial charge is 0.407 e. The Hall–Kier alpha value is -1.55. The minimum atomic E-state index is -0.760. The van der Waals surface area contributed by atoms with Crippen LogP contribution in [-0.2, 0) is 0 Å². The van der Waals surface area contributed by atoms with E-state index in [1.165, 1.54) is 12.0 Å². The maximum absolute atomic E-state index is 11.2. The van der Waals surface area contributed by atoms with Crippen LogP contribution in [0.15, 0.2) is 30.3 Å². The summed E-state index contributed by atoms with van der Waals surface area (Å²) in [7, 11) is 0. The van der Waals surface area contributed by atoms with Gasteiger partial charge in [0.1, 0.15) is 0 Å². The van der Waals surface area contributed by atoms with Crippen LogP contribution in [0.4, 0.5) is 4.79 Å². The number of hydrogen-bond acceptors (Lipinski definition) is 2. The second-order valence-electron chi connectivity index (χ2n) is 6.70. The van der Waals surface area contributed by atoms with E-state index in [-0.39, 0.29) is 6.04 Å². The van der Waals surface area contributed by atoms with E-state index >= 15 is 0 Å². The first kappa shape index (κ1) is 15.3. The zero-order chi connectivity index (χ0) is 15.5. The Bertz CT molecular complexity index is 505. The maximum atomic E-state index is 11.2. The van der Waals surface area contributed by atoms with Crippen molar-refractivity contribution in [3.63, 3.8) is 0 Å². The van der Waals surface area contributed by atoms with Gasteiger partial charge in [-0.25, -0.2) is 4.79 Å². The molecule has 1 aliphatic carbocycles. The molecule has 4 atom stereocenters. The Morgan fingerprint density at radius 3 is 2.77 bits per heavy atom. The fourth-order valence-electron chi connectivity index (χ4n) is 3.77. The third-order valence-electron chi connectivity index (χ3n) is 5.23. The average Bonchev–Trinajstić information content (AvgIpc) is 3.33. The zero-order valence-corrected chi connectivity index (χ0v) is 13.2. The van der Waals surface area contributed by atoms with Gasteiger partial charge in [-0.2, -0.15) is 0 Å². The number of piperidine rings is 1. The number of carboxylic acid groups (broad SMARTS) is 1. The summed E-state index contributed by atoms with van der Waals surface area (Å²) in [6, 6.07) is 11.5. The van der Waals surface area contributed by atoms with Gasteiger partial charge in [0.2, 0.25) is 0 Å². The van der Waals surface area contributed by atoms with Gasteiger partial charge in [0, 0.05) is 24.5 Å². The zero-order valence-electron chi connectivity index (χ0n) is 13.2. The predicted molar refractivity (Wildman–Crippen MR) is 87.1 cm³/mol. The molecule has 2 fully saturated rings. The molecule has 4 nitrogen and oxygen atoms in total. The summed E-state index contributed by atoms with van der Waals surface area (Å²) in [6.07, 6.45) is 3.37. The Morgan fingerprint density at radius 1 is 1.32 bits per heavy atom. The molecule has 4 heteroatoms. The molecule has 120 valence electrons. The van der Waals surface area contributed by atoms with Crippen molar-refractivity contribution >= 4 is 6.09 Å². The molecule has 3 rings (SSSR count). The molecule has 2 N–H and O–H groups in total. The molecule has 4 unspecified atom stereocenters. The minimum Gasteiger partial charge on any atom is -0.465 e. The number of benzene rings is 1. The second kappa shape index (κ2) is 6.69. The average molecular weight is 302 g/mol. The molecule has 1 saturated heterocycles. The summed E-state index contributed by atoms with van der Waals surface area (Å²) in [4.78, 5) is 12.8. The van der Waals surface area contributed by atoms with Crippen LogP contribution in [-0.4, -0.2) is 41.3 Å². The van der Waals surface area contributed by atoms with Gasteiger partial charge in [0.15, 0.2) is 0 Å². The summed E-state index contributed by atoms with van der Waals surface area (Å²) >= 11 is 0. The van der Waals surface area contributed by atoms with Gasteiger partial charge >= 0.3 is 6.09 Å². The van der Waals surface area contributed by atoms with Crippen molar-refractivity contribution in [2.45, 2.75) is 50.6 Å². The van der Waals surface area contributed by atoms with Crippen LogP contribution < -0.4 is 5.32 Å².